The number of halogens is 5. The number of hydrogen-bond acceptors (Lipinski definition) is 4. The molecule has 0 spiro atoms. The molecule has 244 valence electrons. The van der Waals surface area contributed by atoms with Crippen LogP contribution in [-0.4, -0.2) is 24.2 Å². The van der Waals surface area contributed by atoms with Crippen LogP contribution in [0.15, 0.2) is 60.7 Å². The van der Waals surface area contributed by atoms with Crippen molar-refractivity contribution in [3.8, 4) is 16.9 Å². The molecule has 0 unspecified atom stereocenters. The Kier molecular flexibility index (Phi) is 14.0. The molecule has 0 aliphatic heterocycles. The second-order valence-electron chi connectivity index (χ2n) is 11.2. The third-order valence-electron chi connectivity index (χ3n) is 7.60. The maximum absolute atomic E-state index is 14.9. The van der Waals surface area contributed by atoms with Gasteiger partial charge >= 0.3 is 18.1 Å². The van der Waals surface area contributed by atoms with Crippen LogP contribution in [-0.2, 0) is 11.2 Å². The van der Waals surface area contributed by atoms with Gasteiger partial charge in [-0.2, -0.15) is 13.2 Å². The lowest BCUT2D eigenvalue weighted by Crippen LogP contribution is -2.34. The van der Waals surface area contributed by atoms with E-state index in [9.17, 15) is 31.5 Å². The molecule has 0 aromatic heterocycles. The van der Waals surface area contributed by atoms with Crippen LogP contribution in [0.1, 0.15) is 111 Å². The molecule has 0 N–H and O–H groups in total. The predicted molar refractivity (Wildman–Crippen MR) is 164 cm³/mol. The standard InChI is InChI=1S/C36H41F5O4/c1-3-5-7-8-9-10-12-13-25-15-17-26(18-16-25)27-19-21-29(31(37)23-27)34(42)44-28-20-22-30(32(38)24-28)35(43)45-33(36(39,40)41)14-11-6-4-2/h15-24,33H,3-14H2,1-2H3/t33-/m1/s1. The number of carbonyl (C=O) groups excluding carboxylic acids is 2. The number of esters is 2. The minimum absolute atomic E-state index is 0.189. The number of rotatable bonds is 17. The van der Waals surface area contributed by atoms with E-state index in [1.807, 2.05) is 31.2 Å². The largest absolute Gasteiger partial charge is 0.449 e. The Morgan fingerprint density at radius 2 is 1.22 bits per heavy atom. The van der Waals surface area contributed by atoms with Crippen LogP contribution in [0.5, 0.6) is 5.75 Å². The van der Waals surface area contributed by atoms with Crippen LogP contribution >= 0.6 is 0 Å². The first kappa shape index (κ1) is 35.7. The first-order chi connectivity index (χ1) is 21.5. The van der Waals surface area contributed by atoms with E-state index < -0.39 is 53.4 Å². The molecule has 0 amide bonds. The molecular weight excluding hydrogens is 591 g/mol. The van der Waals surface area contributed by atoms with Gasteiger partial charge < -0.3 is 9.47 Å². The lowest BCUT2D eigenvalue weighted by molar-refractivity contribution is -0.206. The van der Waals surface area contributed by atoms with E-state index in [1.165, 1.54) is 56.2 Å². The summed E-state index contributed by atoms with van der Waals surface area (Å²) in [5, 5.41) is 0. The number of carbonyl (C=O) groups is 2. The Bertz CT molecular complexity index is 1390. The lowest BCUT2D eigenvalue weighted by Gasteiger charge is -2.20. The fourth-order valence-electron chi connectivity index (χ4n) is 4.96. The van der Waals surface area contributed by atoms with Crippen molar-refractivity contribution in [2.75, 3.05) is 0 Å². The zero-order chi connectivity index (χ0) is 32.8. The van der Waals surface area contributed by atoms with Crippen molar-refractivity contribution in [2.45, 2.75) is 103 Å². The highest BCUT2D eigenvalue weighted by Crippen LogP contribution is 2.29. The molecule has 3 rings (SSSR count). The summed E-state index contributed by atoms with van der Waals surface area (Å²) < 4.78 is 79.1. The molecular formula is C36H41F5O4. The topological polar surface area (TPSA) is 52.6 Å². The monoisotopic (exact) mass is 632 g/mol. The van der Waals surface area contributed by atoms with Gasteiger partial charge in [0.25, 0.3) is 0 Å². The van der Waals surface area contributed by atoms with Crippen LogP contribution in [0, 0.1) is 11.6 Å². The van der Waals surface area contributed by atoms with E-state index >= 15 is 0 Å². The van der Waals surface area contributed by atoms with Crippen molar-refractivity contribution >= 4 is 11.9 Å². The molecule has 0 fully saturated rings. The van der Waals surface area contributed by atoms with Crippen LogP contribution in [0.4, 0.5) is 22.0 Å². The van der Waals surface area contributed by atoms with E-state index in [-0.39, 0.29) is 12.2 Å². The molecule has 4 nitrogen and oxygen atoms in total. The molecule has 1 atom stereocenters. The third kappa shape index (κ3) is 11.3. The Morgan fingerprint density at radius 1 is 0.667 bits per heavy atom. The first-order valence-corrected chi connectivity index (χ1v) is 15.7. The number of benzene rings is 3. The third-order valence-corrected chi connectivity index (χ3v) is 7.60. The molecule has 45 heavy (non-hydrogen) atoms. The quantitative estimate of drug-likeness (QED) is 0.0643. The van der Waals surface area contributed by atoms with Crippen molar-refractivity contribution in [3.05, 3.63) is 89.0 Å². The van der Waals surface area contributed by atoms with Crippen molar-refractivity contribution in [1.29, 1.82) is 0 Å². The normalized spacial score (nSPS) is 12.2. The van der Waals surface area contributed by atoms with Gasteiger partial charge in [0.05, 0.1) is 11.1 Å². The maximum Gasteiger partial charge on any atom is 0.425 e. The summed E-state index contributed by atoms with van der Waals surface area (Å²) in [5.74, 6) is -5.04. The fourth-order valence-corrected chi connectivity index (χ4v) is 4.96. The van der Waals surface area contributed by atoms with Gasteiger partial charge in [-0.15, -0.1) is 0 Å². The maximum atomic E-state index is 14.9. The van der Waals surface area contributed by atoms with E-state index in [0.717, 1.165) is 30.5 Å². The number of ether oxygens (including phenoxy) is 2. The Morgan fingerprint density at radius 3 is 1.84 bits per heavy atom. The smallest absolute Gasteiger partial charge is 0.425 e. The van der Waals surface area contributed by atoms with Gasteiger partial charge in [-0.3, -0.25) is 0 Å². The van der Waals surface area contributed by atoms with Gasteiger partial charge in [0, 0.05) is 6.07 Å². The molecule has 3 aromatic carbocycles. The van der Waals surface area contributed by atoms with Crippen LogP contribution < -0.4 is 4.74 Å². The van der Waals surface area contributed by atoms with E-state index in [2.05, 4.69) is 11.7 Å². The number of hydrogen-bond donors (Lipinski definition) is 0. The highest BCUT2D eigenvalue weighted by atomic mass is 19.4. The van der Waals surface area contributed by atoms with Gasteiger partial charge in [0.1, 0.15) is 17.4 Å². The Labute approximate surface area is 261 Å². The highest BCUT2D eigenvalue weighted by molar-refractivity contribution is 5.93. The summed E-state index contributed by atoms with van der Waals surface area (Å²) in [7, 11) is 0. The van der Waals surface area contributed by atoms with Gasteiger partial charge in [0.2, 0.25) is 0 Å². The van der Waals surface area contributed by atoms with Crippen LogP contribution in [0.3, 0.4) is 0 Å². The minimum atomic E-state index is -4.80. The molecule has 0 bridgehead atoms. The summed E-state index contributed by atoms with van der Waals surface area (Å²) in [6.07, 6.45) is 3.40. The molecule has 0 heterocycles. The second kappa shape index (κ2) is 17.7. The van der Waals surface area contributed by atoms with Crippen LogP contribution in [0.25, 0.3) is 11.1 Å². The molecule has 0 radical (unpaired) electrons. The lowest BCUT2D eigenvalue weighted by atomic mass is 9.99. The Hall–Kier alpha value is -3.75. The predicted octanol–water partition coefficient (Wildman–Crippen LogP) is 10.8. The molecule has 0 aliphatic carbocycles. The van der Waals surface area contributed by atoms with Crippen molar-refractivity contribution in [1.82, 2.24) is 0 Å². The molecule has 0 saturated heterocycles. The van der Waals surface area contributed by atoms with E-state index in [0.29, 0.717) is 24.5 Å². The zero-order valence-corrected chi connectivity index (χ0v) is 25.9. The summed E-state index contributed by atoms with van der Waals surface area (Å²) in [6, 6.07) is 14.4. The summed E-state index contributed by atoms with van der Waals surface area (Å²) >= 11 is 0. The average molecular weight is 633 g/mol. The van der Waals surface area contributed by atoms with E-state index in [1.54, 1.807) is 6.07 Å². The zero-order valence-electron chi connectivity index (χ0n) is 25.9. The number of unbranched alkanes of at least 4 members (excludes halogenated alkanes) is 8. The van der Waals surface area contributed by atoms with Crippen molar-refractivity contribution in [3.63, 3.8) is 0 Å². The molecule has 9 heteroatoms. The van der Waals surface area contributed by atoms with Crippen molar-refractivity contribution in [2.24, 2.45) is 0 Å². The summed E-state index contributed by atoms with van der Waals surface area (Å²) in [4.78, 5) is 24.9. The SMILES string of the molecule is CCCCCCCCCc1ccc(-c2ccc(C(=O)Oc3ccc(C(=O)O[C@H](CCCCC)C(F)(F)F)c(F)c3)c(F)c2)cc1. The molecule has 0 aliphatic rings. The highest BCUT2D eigenvalue weighted by Gasteiger charge is 2.42. The van der Waals surface area contributed by atoms with Crippen LogP contribution in [0.2, 0.25) is 0 Å². The summed E-state index contributed by atoms with van der Waals surface area (Å²) in [6.45, 7) is 4.02. The van der Waals surface area contributed by atoms with Gasteiger partial charge in [-0.05, 0) is 66.6 Å². The fraction of sp³-hybridized carbons (Fsp3) is 0.444. The van der Waals surface area contributed by atoms with Gasteiger partial charge in [-0.25, -0.2) is 18.4 Å². The number of aryl methyl sites for hydroxylation is 1. The second-order valence-corrected chi connectivity index (χ2v) is 11.2. The average Bonchev–Trinajstić information content (AvgIpc) is 3.00. The van der Waals surface area contributed by atoms with E-state index in [4.69, 9.17) is 4.74 Å². The van der Waals surface area contributed by atoms with Gasteiger partial charge in [0.15, 0.2) is 6.10 Å². The first-order valence-electron chi connectivity index (χ1n) is 15.7. The minimum Gasteiger partial charge on any atom is -0.449 e. The Balaban J connectivity index is 1.58. The molecule has 0 saturated carbocycles. The number of alkyl halides is 3. The van der Waals surface area contributed by atoms with Crippen molar-refractivity contribution < 1.29 is 41.0 Å². The molecule has 3 aromatic rings. The van der Waals surface area contributed by atoms with Gasteiger partial charge in [-0.1, -0.05) is 95.5 Å². The summed E-state index contributed by atoms with van der Waals surface area (Å²) in [5.41, 5.74) is 1.40.